The summed E-state index contributed by atoms with van der Waals surface area (Å²) < 4.78 is 4.20. The van der Waals surface area contributed by atoms with Gasteiger partial charge in [0, 0.05) is 18.0 Å². The second-order valence-electron chi connectivity index (χ2n) is 4.57. The van der Waals surface area contributed by atoms with Crippen LogP contribution in [0.1, 0.15) is 26.5 Å². The molecule has 0 fully saturated rings. The highest BCUT2D eigenvalue weighted by molar-refractivity contribution is 7.05. The second-order valence-corrected chi connectivity index (χ2v) is 5.58. The molecule has 0 bridgehead atoms. The number of aryl methyl sites for hydroxylation is 1. The summed E-state index contributed by atoms with van der Waals surface area (Å²) in [5.74, 6) is 0.0499. The maximum Gasteiger partial charge on any atom is 0.273 e. The van der Waals surface area contributed by atoms with Gasteiger partial charge in [-0.25, -0.2) is 0 Å². The standard InChI is InChI=1S/C14H14N2OS/c1-10-8-13(15-18-10)14(17)16-7-6-11-4-2-3-5-12(11)9-16/h2-5,8H,6-7,9H2,1H3. The van der Waals surface area contributed by atoms with Crippen LogP contribution in [-0.4, -0.2) is 21.7 Å². The minimum atomic E-state index is 0.0499. The first-order valence-electron chi connectivity index (χ1n) is 6.03. The number of benzene rings is 1. The highest BCUT2D eigenvalue weighted by atomic mass is 32.1. The van der Waals surface area contributed by atoms with Gasteiger partial charge in [-0.1, -0.05) is 24.3 Å². The molecule has 2 heterocycles. The summed E-state index contributed by atoms with van der Waals surface area (Å²) in [6.07, 6.45) is 0.936. The molecule has 3 rings (SSSR count). The molecule has 1 aliphatic rings. The van der Waals surface area contributed by atoms with Crippen molar-refractivity contribution in [2.75, 3.05) is 6.54 Å². The van der Waals surface area contributed by atoms with E-state index in [1.165, 1.54) is 22.7 Å². The summed E-state index contributed by atoms with van der Waals surface area (Å²) >= 11 is 1.38. The minimum Gasteiger partial charge on any atom is -0.333 e. The van der Waals surface area contributed by atoms with E-state index < -0.39 is 0 Å². The molecule has 92 valence electrons. The molecule has 0 radical (unpaired) electrons. The summed E-state index contributed by atoms with van der Waals surface area (Å²) in [4.78, 5) is 15.3. The number of fused-ring (bicyclic) bond motifs is 1. The van der Waals surface area contributed by atoms with Gasteiger partial charge < -0.3 is 4.90 Å². The molecule has 1 aliphatic heterocycles. The number of amides is 1. The fraction of sp³-hybridized carbons (Fsp3) is 0.286. The van der Waals surface area contributed by atoms with Crippen LogP contribution in [0, 0.1) is 6.92 Å². The van der Waals surface area contributed by atoms with Crippen LogP contribution < -0.4 is 0 Å². The van der Waals surface area contributed by atoms with Crippen LogP contribution in [0.2, 0.25) is 0 Å². The number of rotatable bonds is 1. The summed E-state index contributed by atoms with van der Waals surface area (Å²) in [5, 5.41) is 0. The van der Waals surface area contributed by atoms with Gasteiger partial charge in [-0.2, -0.15) is 4.37 Å². The van der Waals surface area contributed by atoms with Crippen molar-refractivity contribution in [3.8, 4) is 0 Å². The van der Waals surface area contributed by atoms with Crippen LogP contribution >= 0.6 is 11.5 Å². The molecule has 3 nitrogen and oxygen atoms in total. The maximum absolute atomic E-state index is 12.3. The Labute approximate surface area is 110 Å². The third-order valence-corrected chi connectivity index (χ3v) is 3.96. The van der Waals surface area contributed by atoms with Crippen molar-refractivity contribution in [2.45, 2.75) is 19.9 Å². The average Bonchev–Trinajstić information content (AvgIpc) is 2.84. The van der Waals surface area contributed by atoms with E-state index in [-0.39, 0.29) is 5.91 Å². The monoisotopic (exact) mass is 258 g/mol. The average molecular weight is 258 g/mol. The highest BCUT2D eigenvalue weighted by Crippen LogP contribution is 2.20. The topological polar surface area (TPSA) is 33.2 Å². The van der Waals surface area contributed by atoms with Gasteiger partial charge in [-0.3, -0.25) is 4.79 Å². The number of nitrogens with zero attached hydrogens (tertiary/aromatic N) is 2. The van der Waals surface area contributed by atoms with Crippen LogP contribution in [0.3, 0.4) is 0 Å². The Balaban J connectivity index is 1.82. The van der Waals surface area contributed by atoms with E-state index in [1.54, 1.807) is 0 Å². The smallest absolute Gasteiger partial charge is 0.273 e. The largest absolute Gasteiger partial charge is 0.333 e. The zero-order valence-corrected chi connectivity index (χ0v) is 11.0. The zero-order chi connectivity index (χ0) is 12.5. The number of carbonyl (C=O) groups excluding carboxylic acids is 1. The van der Waals surface area contributed by atoms with Crippen LogP contribution in [0.25, 0.3) is 0 Å². The molecule has 1 aromatic carbocycles. The lowest BCUT2D eigenvalue weighted by molar-refractivity contribution is 0.0730. The summed E-state index contributed by atoms with van der Waals surface area (Å²) in [6.45, 7) is 3.46. The van der Waals surface area contributed by atoms with Crippen LogP contribution in [0.15, 0.2) is 30.3 Å². The van der Waals surface area contributed by atoms with E-state index in [4.69, 9.17) is 0 Å². The van der Waals surface area contributed by atoms with Crippen molar-refractivity contribution in [3.63, 3.8) is 0 Å². The maximum atomic E-state index is 12.3. The molecular weight excluding hydrogens is 244 g/mol. The molecule has 18 heavy (non-hydrogen) atoms. The van der Waals surface area contributed by atoms with Gasteiger partial charge in [0.25, 0.3) is 5.91 Å². The molecule has 1 aromatic heterocycles. The molecule has 0 aliphatic carbocycles. The minimum absolute atomic E-state index is 0.0499. The van der Waals surface area contributed by atoms with Crippen molar-refractivity contribution in [1.82, 2.24) is 9.27 Å². The SMILES string of the molecule is Cc1cc(C(=O)N2CCc3ccccc3C2)ns1. The third-order valence-electron chi connectivity index (χ3n) is 3.26. The molecule has 0 spiro atoms. The van der Waals surface area contributed by atoms with E-state index >= 15 is 0 Å². The molecule has 0 saturated carbocycles. The number of carbonyl (C=O) groups is 1. The Morgan fingerprint density at radius 3 is 2.83 bits per heavy atom. The third kappa shape index (κ3) is 2.04. The number of aromatic nitrogens is 1. The lowest BCUT2D eigenvalue weighted by Gasteiger charge is -2.28. The fourth-order valence-corrected chi connectivity index (χ4v) is 2.84. The van der Waals surface area contributed by atoms with Crippen LogP contribution in [0.4, 0.5) is 0 Å². The lowest BCUT2D eigenvalue weighted by atomic mass is 10.00. The predicted octanol–water partition coefficient (Wildman–Crippen LogP) is 2.65. The van der Waals surface area contributed by atoms with Crippen molar-refractivity contribution >= 4 is 17.4 Å². The summed E-state index contributed by atoms with van der Waals surface area (Å²) in [7, 11) is 0. The molecule has 0 atom stereocenters. The first-order chi connectivity index (χ1) is 8.74. The first kappa shape index (κ1) is 11.4. The summed E-state index contributed by atoms with van der Waals surface area (Å²) in [5.41, 5.74) is 3.19. The fourth-order valence-electron chi connectivity index (χ4n) is 2.30. The Morgan fingerprint density at radius 2 is 2.11 bits per heavy atom. The van der Waals surface area contributed by atoms with Crippen molar-refractivity contribution in [3.05, 3.63) is 52.0 Å². The van der Waals surface area contributed by atoms with Gasteiger partial charge in [0.05, 0.1) is 0 Å². The van der Waals surface area contributed by atoms with Gasteiger partial charge in [0.1, 0.15) is 5.69 Å². The highest BCUT2D eigenvalue weighted by Gasteiger charge is 2.22. The zero-order valence-electron chi connectivity index (χ0n) is 10.2. The molecule has 0 saturated heterocycles. The lowest BCUT2D eigenvalue weighted by Crippen LogP contribution is -2.36. The Morgan fingerprint density at radius 1 is 1.33 bits per heavy atom. The molecule has 0 unspecified atom stereocenters. The van der Waals surface area contributed by atoms with Gasteiger partial charge >= 0.3 is 0 Å². The quantitative estimate of drug-likeness (QED) is 0.788. The second kappa shape index (κ2) is 4.53. The first-order valence-corrected chi connectivity index (χ1v) is 6.81. The molecule has 2 aromatic rings. The van der Waals surface area contributed by atoms with Gasteiger partial charge in [-0.15, -0.1) is 0 Å². The Bertz CT molecular complexity index is 591. The molecular formula is C14H14N2OS. The van der Waals surface area contributed by atoms with Gasteiger partial charge in [0.2, 0.25) is 0 Å². The van der Waals surface area contributed by atoms with Gasteiger partial charge in [-0.05, 0) is 42.1 Å². The van der Waals surface area contributed by atoms with Crippen LogP contribution in [-0.2, 0) is 13.0 Å². The van der Waals surface area contributed by atoms with Gasteiger partial charge in [0.15, 0.2) is 0 Å². The number of hydrogen-bond donors (Lipinski definition) is 0. The van der Waals surface area contributed by atoms with Crippen molar-refractivity contribution in [1.29, 1.82) is 0 Å². The van der Waals surface area contributed by atoms with E-state index in [0.717, 1.165) is 17.8 Å². The summed E-state index contributed by atoms with van der Waals surface area (Å²) in [6, 6.07) is 10.2. The molecule has 4 heteroatoms. The Hall–Kier alpha value is -1.68. The number of hydrogen-bond acceptors (Lipinski definition) is 3. The Kier molecular flexibility index (Phi) is 2.88. The molecule has 1 amide bonds. The predicted molar refractivity (Wildman–Crippen MR) is 71.7 cm³/mol. The van der Waals surface area contributed by atoms with E-state index in [9.17, 15) is 4.79 Å². The van der Waals surface area contributed by atoms with E-state index in [0.29, 0.717) is 12.2 Å². The van der Waals surface area contributed by atoms with E-state index in [1.807, 2.05) is 24.0 Å². The molecule has 0 N–H and O–H groups in total. The van der Waals surface area contributed by atoms with Crippen LogP contribution in [0.5, 0.6) is 0 Å². The van der Waals surface area contributed by atoms with Crippen molar-refractivity contribution in [2.24, 2.45) is 0 Å². The normalized spacial score (nSPS) is 14.4. The van der Waals surface area contributed by atoms with Crippen molar-refractivity contribution < 1.29 is 4.79 Å². The van der Waals surface area contributed by atoms with E-state index in [2.05, 4.69) is 22.6 Å².